The number of likely N-dealkylation sites (tertiary alicyclic amines) is 1. The first-order chi connectivity index (χ1) is 12.4. The standard InChI is InChI=1S/C21H31N3OS/c1-14-22-18(13-24-10-6-16(25)7-11-24)17-12-19(26-20(17)23-14)15-4-8-21(2,3)9-5-15/h12,15-16,25H,4-11,13H2,1-3H3. The van der Waals surface area contributed by atoms with Crippen LogP contribution in [0.3, 0.4) is 0 Å². The number of aromatic nitrogens is 2. The molecule has 26 heavy (non-hydrogen) atoms. The SMILES string of the molecule is Cc1nc(CN2CCC(O)CC2)c2cc(C3CCC(C)(C)CC3)sc2n1. The molecule has 0 atom stereocenters. The molecule has 4 rings (SSSR count). The Balaban J connectivity index is 1.57. The number of fused-ring (bicyclic) bond motifs is 1. The van der Waals surface area contributed by atoms with Crippen molar-refractivity contribution in [2.45, 2.75) is 77.9 Å². The minimum atomic E-state index is -0.123. The molecule has 4 nitrogen and oxygen atoms in total. The molecule has 142 valence electrons. The van der Waals surface area contributed by atoms with Crippen molar-refractivity contribution in [3.8, 4) is 0 Å². The third-order valence-corrected chi connectivity index (χ3v) is 7.47. The summed E-state index contributed by atoms with van der Waals surface area (Å²) in [4.78, 5) is 14.6. The van der Waals surface area contributed by atoms with E-state index < -0.39 is 0 Å². The van der Waals surface area contributed by atoms with Gasteiger partial charge in [-0.3, -0.25) is 4.90 Å². The molecule has 2 aromatic heterocycles. The predicted molar refractivity (Wildman–Crippen MR) is 108 cm³/mol. The second kappa shape index (κ2) is 7.17. The van der Waals surface area contributed by atoms with Gasteiger partial charge in [-0.2, -0.15) is 0 Å². The van der Waals surface area contributed by atoms with Crippen molar-refractivity contribution in [3.05, 3.63) is 22.5 Å². The highest BCUT2D eigenvalue weighted by atomic mass is 32.1. The smallest absolute Gasteiger partial charge is 0.127 e. The van der Waals surface area contributed by atoms with Gasteiger partial charge in [0.25, 0.3) is 0 Å². The Morgan fingerprint density at radius 1 is 1.15 bits per heavy atom. The largest absolute Gasteiger partial charge is 0.393 e. The van der Waals surface area contributed by atoms with Gasteiger partial charge < -0.3 is 5.11 Å². The molecule has 0 amide bonds. The number of aliphatic hydroxyl groups excluding tert-OH is 1. The average molecular weight is 374 g/mol. The third-order valence-electron chi connectivity index (χ3n) is 6.27. The summed E-state index contributed by atoms with van der Waals surface area (Å²) in [6.07, 6.45) is 6.86. The number of nitrogens with zero attached hydrogens (tertiary/aromatic N) is 3. The van der Waals surface area contributed by atoms with Crippen LogP contribution >= 0.6 is 11.3 Å². The molecule has 0 spiro atoms. The Bertz CT molecular complexity index is 767. The van der Waals surface area contributed by atoms with Crippen LogP contribution in [0, 0.1) is 12.3 Å². The fourth-order valence-electron chi connectivity index (χ4n) is 4.41. The van der Waals surface area contributed by atoms with Crippen molar-refractivity contribution in [3.63, 3.8) is 0 Å². The zero-order chi connectivity index (χ0) is 18.3. The molecule has 2 aliphatic rings. The lowest BCUT2D eigenvalue weighted by molar-refractivity contribution is 0.0788. The Morgan fingerprint density at radius 3 is 2.54 bits per heavy atom. The number of aliphatic hydroxyl groups is 1. The van der Waals surface area contributed by atoms with Gasteiger partial charge in [-0.25, -0.2) is 9.97 Å². The number of aryl methyl sites for hydroxylation is 1. The van der Waals surface area contributed by atoms with E-state index in [4.69, 9.17) is 9.97 Å². The van der Waals surface area contributed by atoms with Crippen LogP contribution in [0.15, 0.2) is 6.07 Å². The van der Waals surface area contributed by atoms with E-state index in [1.807, 2.05) is 18.3 Å². The fourth-order valence-corrected chi connectivity index (χ4v) is 5.68. The van der Waals surface area contributed by atoms with Gasteiger partial charge in [-0.1, -0.05) is 13.8 Å². The van der Waals surface area contributed by atoms with Gasteiger partial charge in [0.15, 0.2) is 0 Å². The molecular weight excluding hydrogens is 342 g/mol. The second-order valence-electron chi connectivity index (χ2n) is 9.03. The molecule has 0 radical (unpaired) electrons. The molecule has 1 N–H and O–H groups in total. The lowest BCUT2D eigenvalue weighted by atomic mass is 9.73. The van der Waals surface area contributed by atoms with E-state index >= 15 is 0 Å². The van der Waals surface area contributed by atoms with Crippen molar-refractivity contribution in [1.82, 2.24) is 14.9 Å². The van der Waals surface area contributed by atoms with E-state index in [0.717, 1.165) is 43.1 Å². The minimum Gasteiger partial charge on any atom is -0.393 e. The summed E-state index contributed by atoms with van der Waals surface area (Å²) in [6, 6.07) is 2.39. The molecule has 3 heterocycles. The molecular formula is C21H31N3OS. The van der Waals surface area contributed by atoms with Crippen molar-refractivity contribution in [2.75, 3.05) is 13.1 Å². The quantitative estimate of drug-likeness (QED) is 0.851. The third kappa shape index (κ3) is 3.95. The van der Waals surface area contributed by atoms with E-state index in [0.29, 0.717) is 11.3 Å². The van der Waals surface area contributed by atoms with Gasteiger partial charge in [0.2, 0.25) is 0 Å². The number of hydrogen-bond donors (Lipinski definition) is 1. The fraction of sp³-hybridized carbons (Fsp3) is 0.714. The highest BCUT2D eigenvalue weighted by Gasteiger charge is 2.29. The summed E-state index contributed by atoms with van der Waals surface area (Å²) < 4.78 is 0. The average Bonchev–Trinajstić information content (AvgIpc) is 3.01. The van der Waals surface area contributed by atoms with Crippen molar-refractivity contribution in [2.24, 2.45) is 5.41 Å². The molecule has 0 unspecified atom stereocenters. The molecule has 2 fully saturated rings. The molecule has 1 saturated carbocycles. The number of hydrogen-bond acceptors (Lipinski definition) is 5. The Kier molecular flexibility index (Phi) is 5.06. The second-order valence-corrected chi connectivity index (χ2v) is 10.1. The van der Waals surface area contributed by atoms with Gasteiger partial charge in [0, 0.05) is 29.9 Å². The van der Waals surface area contributed by atoms with E-state index in [-0.39, 0.29) is 6.10 Å². The molecule has 5 heteroatoms. The minimum absolute atomic E-state index is 0.123. The van der Waals surface area contributed by atoms with Crippen LogP contribution in [0.2, 0.25) is 0 Å². The van der Waals surface area contributed by atoms with Crippen LogP contribution in [0.25, 0.3) is 10.2 Å². The van der Waals surface area contributed by atoms with E-state index in [1.54, 1.807) is 0 Å². The number of piperidine rings is 1. The molecule has 1 aliphatic heterocycles. The maximum Gasteiger partial charge on any atom is 0.127 e. The zero-order valence-electron chi connectivity index (χ0n) is 16.3. The molecule has 0 bridgehead atoms. The van der Waals surface area contributed by atoms with Crippen LogP contribution < -0.4 is 0 Å². The molecule has 0 aromatic carbocycles. The summed E-state index contributed by atoms with van der Waals surface area (Å²) in [5, 5.41) is 11.0. The van der Waals surface area contributed by atoms with Gasteiger partial charge in [-0.05, 0) is 62.8 Å². The highest BCUT2D eigenvalue weighted by Crippen LogP contribution is 2.45. The number of rotatable bonds is 3. The summed E-state index contributed by atoms with van der Waals surface area (Å²) in [5.74, 6) is 1.57. The first-order valence-corrected chi connectivity index (χ1v) is 10.9. The van der Waals surface area contributed by atoms with Gasteiger partial charge in [0.05, 0.1) is 11.8 Å². The summed E-state index contributed by atoms with van der Waals surface area (Å²) in [6.45, 7) is 9.60. The summed E-state index contributed by atoms with van der Waals surface area (Å²) in [5.41, 5.74) is 1.68. The van der Waals surface area contributed by atoms with Crippen LogP contribution in [0.1, 0.15) is 74.7 Å². The predicted octanol–water partition coefficient (Wildman–Crippen LogP) is 4.64. The summed E-state index contributed by atoms with van der Waals surface area (Å²) in [7, 11) is 0. The van der Waals surface area contributed by atoms with E-state index in [1.165, 1.54) is 41.6 Å². The monoisotopic (exact) mass is 373 g/mol. The lowest BCUT2D eigenvalue weighted by Crippen LogP contribution is -2.35. The van der Waals surface area contributed by atoms with Crippen molar-refractivity contribution >= 4 is 21.6 Å². The van der Waals surface area contributed by atoms with Gasteiger partial charge >= 0.3 is 0 Å². The Labute approximate surface area is 160 Å². The van der Waals surface area contributed by atoms with Crippen molar-refractivity contribution < 1.29 is 5.11 Å². The Hall–Kier alpha value is -1.04. The van der Waals surface area contributed by atoms with E-state index in [9.17, 15) is 5.11 Å². The zero-order valence-corrected chi connectivity index (χ0v) is 17.1. The number of thiophene rings is 1. The normalized spacial score (nSPS) is 22.9. The van der Waals surface area contributed by atoms with Gasteiger partial charge in [-0.15, -0.1) is 11.3 Å². The molecule has 1 saturated heterocycles. The van der Waals surface area contributed by atoms with Crippen molar-refractivity contribution in [1.29, 1.82) is 0 Å². The maximum absolute atomic E-state index is 9.74. The van der Waals surface area contributed by atoms with Crippen LogP contribution in [-0.2, 0) is 6.54 Å². The summed E-state index contributed by atoms with van der Waals surface area (Å²) >= 11 is 1.89. The molecule has 2 aromatic rings. The van der Waals surface area contributed by atoms with Gasteiger partial charge in [0.1, 0.15) is 10.7 Å². The van der Waals surface area contributed by atoms with Crippen LogP contribution in [0.4, 0.5) is 0 Å². The first-order valence-electron chi connectivity index (χ1n) is 10.1. The first kappa shape index (κ1) is 18.3. The molecule has 1 aliphatic carbocycles. The van der Waals surface area contributed by atoms with Crippen LogP contribution in [0.5, 0.6) is 0 Å². The lowest BCUT2D eigenvalue weighted by Gasteiger charge is -2.33. The maximum atomic E-state index is 9.74. The highest BCUT2D eigenvalue weighted by molar-refractivity contribution is 7.18. The Morgan fingerprint density at radius 2 is 1.85 bits per heavy atom. The van der Waals surface area contributed by atoms with E-state index in [2.05, 4.69) is 24.8 Å². The van der Waals surface area contributed by atoms with Crippen LogP contribution in [-0.4, -0.2) is 39.2 Å². The topological polar surface area (TPSA) is 49.2 Å².